The summed E-state index contributed by atoms with van der Waals surface area (Å²) >= 11 is 4.17. The predicted molar refractivity (Wildman–Crippen MR) is 80.4 cm³/mol. The maximum Gasteiger partial charge on any atom is 0.304 e. The number of rotatable bonds is 5. The van der Waals surface area contributed by atoms with E-state index in [1.54, 1.807) is 12.4 Å². The zero-order valence-electron chi connectivity index (χ0n) is 10.3. The molecule has 2 rings (SSSR count). The molecule has 0 aliphatic carbocycles. The first-order valence-electron chi connectivity index (χ1n) is 5.42. The molecule has 2 aromatic rings. The average Bonchev–Trinajstić information content (AvgIpc) is 2.82. The molecule has 0 aliphatic rings. The Hall–Kier alpha value is -1.23. The highest BCUT2D eigenvalue weighted by Gasteiger charge is 2.19. The van der Waals surface area contributed by atoms with Crippen LogP contribution in [0.25, 0.3) is 0 Å². The lowest BCUT2D eigenvalue weighted by molar-refractivity contribution is 0.580. The Kier molecular flexibility index (Phi) is 4.58. The van der Waals surface area contributed by atoms with E-state index in [1.807, 2.05) is 0 Å². The van der Waals surface area contributed by atoms with E-state index >= 15 is 0 Å². The molecule has 0 fully saturated rings. The number of nitrogens with one attached hydrogen (secondary N) is 3. The molecular weight excluding hydrogens is 368 g/mol. The van der Waals surface area contributed by atoms with Crippen LogP contribution in [0.5, 0.6) is 0 Å². The fraction of sp³-hybridized carbons (Fsp3) is 0.200. The molecular formula is C10H11BrN4O3S2. The highest BCUT2D eigenvalue weighted by atomic mass is 79.9. The van der Waals surface area contributed by atoms with Crippen molar-refractivity contribution in [2.75, 3.05) is 12.4 Å². The quantitative estimate of drug-likeness (QED) is 0.722. The Balaban J connectivity index is 2.26. The number of thiazole rings is 1. The largest absolute Gasteiger partial charge is 0.372 e. The Labute approximate surface area is 127 Å². The number of anilines is 1. The van der Waals surface area contributed by atoms with Crippen LogP contribution in [0, 0.1) is 0 Å². The second-order valence-corrected chi connectivity index (χ2v) is 7.24. The molecule has 0 saturated heterocycles. The summed E-state index contributed by atoms with van der Waals surface area (Å²) in [6.07, 6.45) is 1.50. The molecule has 3 N–H and O–H groups in total. The van der Waals surface area contributed by atoms with Gasteiger partial charge in [-0.15, -0.1) is 0 Å². The van der Waals surface area contributed by atoms with Gasteiger partial charge in [0.25, 0.3) is 0 Å². The Morgan fingerprint density at radius 2 is 2.25 bits per heavy atom. The normalized spacial score (nSPS) is 11.5. The molecule has 108 valence electrons. The van der Waals surface area contributed by atoms with E-state index in [2.05, 4.69) is 35.9 Å². The van der Waals surface area contributed by atoms with Gasteiger partial charge < -0.3 is 10.3 Å². The maximum absolute atomic E-state index is 12.2. The highest BCUT2D eigenvalue weighted by Crippen LogP contribution is 2.22. The third-order valence-corrected chi connectivity index (χ3v) is 4.94. The molecule has 2 heterocycles. The van der Waals surface area contributed by atoms with Crippen LogP contribution >= 0.6 is 27.3 Å². The van der Waals surface area contributed by atoms with Crippen LogP contribution < -0.4 is 14.9 Å². The minimum Gasteiger partial charge on any atom is -0.372 e. The molecule has 2 aromatic heterocycles. The van der Waals surface area contributed by atoms with Gasteiger partial charge in [-0.1, -0.05) is 11.3 Å². The molecule has 0 unspecified atom stereocenters. The summed E-state index contributed by atoms with van der Waals surface area (Å²) in [5, 5.41) is 4.30. The lowest BCUT2D eigenvalue weighted by Gasteiger charge is -2.10. The highest BCUT2D eigenvalue weighted by molar-refractivity contribution is 9.10. The zero-order valence-corrected chi connectivity index (χ0v) is 13.5. The van der Waals surface area contributed by atoms with Gasteiger partial charge in [0, 0.05) is 28.8 Å². The molecule has 0 aliphatic heterocycles. The van der Waals surface area contributed by atoms with Gasteiger partial charge in [-0.2, -0.15) is 0 Å². The Bertz CT molecular complexity index is 769. The van der Waals surface area contributed by atoms with Crippen LogP contribution in [0.1, 0.15) is 5.69 Å². The van der Waals surface area contributed by atoms with Crippen LogP contribution in [-0.4, -0.2) is 25.4 Å². The van der Waals surface area contributed by atoms with Gasteiger partial charge >= 0.3 is 4.87 Å². The van der Waals surface area contributed by atoms with Crippen molar-refractivity contribution >= 4 is 43.1 Å². The van der Waals surface area contributed by atoms with Gasteiger partial charge in [0.15, 0.2) is 0 Å². The van der Waals surface area contributed by atoms with E-state index in [0.717, 1.165) is 11.3 Å². The van der Waals surface area contributed by atoms with Crippen molar-refractivity contribution in [2.24, 2.45) is 0 Å². The van der Waals surface area contributed by atoms with Crippen molar-refractivity contribution in [3.8, 4) is 0 Å². The second kappa shape index (κ2) is 6.04. The van der Waals surface area contributed by atoms with Crippen molar-refractivity contribution in [1.29, 1.82) is 0 Å². The van der Waals surface area contributed by atoms with Crippen LogP contribution in [0.2, 0.25) is 0 Å². The Morgan fingerprint density at radius 1 is 1.50 bits per heavy atom. The molecule has 20 heavy (non-hydrogen) atoms. The predicted octanol–water partition coefficient (Wildman–Crippen LogP) is 1.11. The van der Waals surface area contributed by atoms with Gasteiger partial charge in [-0.05, 0) is 22.0 Å². The Morgan fingerprint density at radius 3 is 2.85 bits per heavy atom. The zero-order chi connectivity index (χ0) is 14.8. The summed E-state index contributed by atoms with van der Waals surface area (Å²) in [6.45, 7) is 0.0107. The van der Waals surface area contributed by atoms with E-state index in [9.17, 15) is 13.2 Å². The summed E-state index contributed by atoms with van der Waals surface area (Å²) in [5.74, 6) is 0.250. The summed E-state index contributed by atoms with van der Waals surface area (Å²) in [6, 6.07) is 1.46. The van der Waals surface area contributed by atoms with Gasteiger partial charge in [-0.3, -0.25) is 4.79 Å². The van der Waals surface area contributed by atoms with Crippen LogP contribution in [0.3, 0.4) is 0 Å². The van der Waals surface area contributed by atoms with Crippen molar-refractivity contribution in [3.05, 3.63) is 37.5 Å². The number of aromatic amines is 1. The number of nitrogens with zero attached hydrogens (tertiary/aromatic N) is 1. The van der Waals surface area contributed by atoms with Crippen molar-refractivity contribution < 1.29 is 8.42 Å². The molecule has 0 spiro atoms. The number of pyridine rings is 1. The fourth-order valence-electron chi connectivity index (χ4n) is 1.46. The topological polar surface area (TPSA) is 104 Å². The SMILES string of the molecule is CNc1ncc(Br)cc1S(=O)(=O)NCc1csc(=O)[nH]1. The standard InChI is InChI=1S/C10H11BrN4O3S2/c1-12-9-8(2-6(11)3-13-9)20(17,18)14-4-7-5-19-10(16)15-7/h2-3,5,14H,4H2,1H3,(H,12,13)(H,15,16). The molecule has 0 amide bonds. The van der Waals surface area contributed by atoms with Gasteiger partial charge in [0.2, 0.25) is 10.0 Å². The fourth-order valence-corrected chi connectivity index (χ4v) is 3.72. The first-order valence-corrected chi connectivity index (χ1v) is 8.57. The lowest BCUT2D eigenvalue weighted by atomic mass is 10.4. The summed E-state index contributed by atoms with van der Waals surface area (Å²) in [4.78, 5) is 17.3. The summed E-state index contributed by atoms with van der Waals surface area (Å²) < 4.78 is 27.5. The lowest BCUT2D eigenvalue weighted by Crippen LogP contribution is -2.25. The summed E-state index contributed by atoms with van der Waals surface area (Å²) in [7, 11) is -2.15. The average molecular weight is 379 g/mol. The van der Waals surface area contributed by atoms with E-state index in [4.69, 9.17) is 0 Å². The molecule has 10 heteroatoms. The number of sulfonamides is 1. The molecule has 7 nitrogen and oxygen atoms in total. The van der Waals surface area contributed by atoms with E-state index < -0.39 is 10.0 Å². The van der Waals surface area contributed by atoms with Crippen LogP contribution in [0.4, 0.5) is 5.82 Å². The number of hydrogen-bond donors (Lipinski definition) is 3. The van der Waals surface area contributed by atoms with Gasteiger partial charge in [0.05, 0.1) is 6.54 Å². The summed E-state index contributed by atoms with van der Waals surface area (Å²) in [5.41, 5.74) is 0.512. The first kappa shape index (κ1) is 15.2. The number of halogens is 1. The number of aromatic nitrogens is 2. The first-order chi connectivity index (χ1) is 9.42. The third kappa shape index (κ3) is 3.45. The van der Waals surface area contributed by atoms with E-state index in [0.29, 0.717) is 10.2 Å². The van der Waals surface area contributed by atoms with Crippen molar-refractivity contribution in [3.63, 3.8) is 0 Å². The third-order valence-electron chi connectivity index (χ3n) is 2.37. The molecule has 0 saturated carbocycles. The monoisotopic (exact) mass is 378 g/mol. The molecule has 0 bridgehead atoms. The van der Waals surface area contributed by atoms with Crippen molar-refractivity contribution in [1.82, 2.24) is 14.7 Å². The molecule has 0 atom stereocenters. The van der Waals surface area contributed by atoms with Gasteiger partial charge in [-0.25, -0.2) is 18.1 Å². The number of H-pyrrole nitrogens is 1. The van der Waals surface area contributed by atoms with E-state index in [-0.39, 0.29) is 22.1 Å². The second-order valence-electron chi connectivity index (χ2n) is 3.75. The van der Waals surface area contributed by atoms with E-state index in [1.165, 1.54) is 12.3 Å². The van der Waals surface area contributed by atoms with Crippen molar-refractivity contribution in [2.45, 2.75) is 11.4 Å². The number of hydrogen-bond acceptors (Lipinski definition) is 6. The minimum absolute atomic E-state index is 0.0107. The molecule has 0 radical (unpaired) electrons. The van der Waals surface area contributed by atoms with Crippen LogP contribution in [0.15, 0.2) is 31.8 Å². The minimum atomic E-state index is -3.74. The maximum atomic E-state index is 12.2. The smallest absolute Gasteiger partial charge is 0.304 e. The van der Waals surface area contributed by atoms with Gasteiger partial charge in [0.1, 0.15) is 10.7 Å². The van der Waals surface area contributed by atoms with Crippen LogP contribution in [-0.2, 0) is 16.6 Å². The molecule has 0 aromatic carbocycles.